The molecule has 2 aromatic carbocycles. The van der Waals surface area contributed by atoms with Crippen LogP contribution in [0.25, 0.3) is 0 Å². The van der Waals surface area contributed by atoms with Crippen LogP contribution in [0.2, 0.25) is 0 Å². The van der Waals surface area contributed by atoms with Gasteiger partial charge in [-0.05, 0) is 48.4 Å². The molecule has 0 spiro atoms. The fraction of sp³-hybridized carbons (Fsp3) is 0.417. The average Bonchev–Trinajstić information content (AvgIpc) is 2.74. The van der Waals surface area contributed by atoms with E-state index in [2.05, 4.69) is 43.4 Å². The van der Waals surface area contributed by atoms with E-state index in [9.17, 15) is 13.2 Å². The van der Waals surface area contributed by atoms with Crippen molar-refractivity contribution < 1.29 is 13.2 Å². The predicted molar refractivity (Wildman–Crippen MR) is 124 cm³/mol. The number of sulfonamides is 1. The zero-order chi connectivity index (χ0) is 22.6. The maximum Gasteiger partial charge on any atom is 0.243 e. The molecule has 1 aliphatic rings. The average molecular weight is 442 g/mol. The van der Waals surface area contributed by atoms with Crippen molar-refractivity contribution in [2.45, 2.75) is 50.8 Å². The van der Waals surface area contributed by atoms with Crippen molar-refractivity contribution in [1.29, 1.82) is 0 Å². The third-order valence-electron chi connectivity index (χ3n) is 5.65. The third-order valence-corrected chi connectivity index (χ3v) is 7.56. The second-order valence-electron chi connectivity index (χ2n) is 9.10. The molecule has 0 bridgehead atoms. The Morgan fingerprint density at radius 3 is 2.16 bits per heavy atom. The predicted octanol–water partition coefficient (Wildman–Crippen LogP) is 3.84. The molecule has 1 heterocycles. The van der Waals surface area contributed by atoms with Gasteiger partial charge in [0.15, 0.2) is 0 Å². The Kier molecular flexibility index (Phi) is 6.96. The first-order valence-corrected chi connectivity index (χ1v) is 12.0. The van der Waals surface area contributed by atoms with E-state index < -0.39 is 10.0 Å². The van der Waals surface area contributed by atoms with E-state index in [1.807, 2.05) is 19.1 Å². The van der Waals surface area contributed by atoms with Gasteiger partial charge in [0.2, 0.25) is 15.9 Å². The fourth-order valence-electron chi connectivity index (χ4n) is 3.55. The topological polar surface area (TPSA) is 78.8 Å². The van der Waals surface area contributed by atoms with Crippen molar-refractivity contribution in [2.75, 3.05) is 13.1 Å². The van der Waals surface area contributed by atoms with Crippen LogP contribution in [0.4, 0.5) is 0 Å². The zero-order valence-corrected chi connectivity index (χ0v) is 19.4. The summed E-state index contributed by atoms with van der Waals surface area (Å²) in [5.41, 5.74) is 5.85. The van der Waals surface area contributed by atoms with Crippen LogP contribution in [-0.4, -0.2) is 37.9 Å². The number of hydrogen-bond acceptors (Lipinski definition) is 4. The second-order valence-corrected chi connectivity index (χ2v) is 11.0. The van der Waals surface area contributed by atoms with Crippen LogP contribution < -0.4 is 5.43 Å². The van der Waals surface area contributed by atoms with Crippen molar-refractivity contribution in [1.82, 2.24) is 9.73 Å². The summed E-state index contributed by atoms with van der Waals surface area (Å²) in [7, 11) is -3.52. The summed E-state index contributed by atoms with van der Waals surface area (Å²) in [6, 6.07) is 14.9. The fourth-order valence-corrected chi connectivity index (χ4v) is 5.02. The van der Waals surface area contributed by atoms with Crippen molar-refractivity contribution in [3.8, 4) is 0 Å². The number of carbonyl (C=O) groups excluding carboxylic acids is 1. The summed E-state index contributed by atoms with van der Waals surface area (Å²) in [5.74, 6) is -0.417. The molecule has 0 saturated carbocycles. The quantitative estimate of drug-likeness (QED) is 0.566. The molecule has 0 radical (unpaired) electrons. The Balaban J connectivity index is 1.52. The van der Waals surface area contributed by atoms with Crippen LogP contribution in [0.3, 0.4) is 0 Å². The Hall–Kier alpha value is -2.51. The van der Waals surface area contributed by atoms with Gasteiger partial charge in [0.1, 0.15) is 0 Å². The van der Waals surface area contributed by atoms with E-state index >= 15 is 0 Å². The minimum Gasteiger partial charge on any atom is -0.273 e. The number of amides is 1. The number of nitrogens with one attached hydrogen (secondary N) is 1. The van der Waals surface area contributed by atoms with Crippen LogP contribution in [0, 0.1) is 12.8 Å². The summed E-state index contributed by atoms with van der Waals surface area (Å²) in [6.07, 6.45) is 2.58. The molecule has 0 aromatic heterocycles. The molecule has 1 aliphatic heterocycles. The van der Waals surface area contributed by atoms with Crippen LogP contribution in [-0.2, 0) is 20.2 Å². The first-order valence-electron chi connectivity index (χ1n) is 10.6. The van der Waals surface area contributed by atoms with Gasteiger partial charge in [0.25, 0.3) is 0 Å². The molecule has 0 atom stereocenters. The van der Waals surface area contributed by atoms with Gasteiger partial charge in [0.05, 0.1) is 11.1 Å². The summed E-state index contributed by atoms with van der Waals surface area (Å²) < 4.78 is 27.0. The molecule has 0 unspecified atom stereocenters. The molecule has 3 rings (SSSR count). The number of nitrogens with zero attached hydrogens (tertiary/aromatic N) is 2. The Morgan fingerprint density at radius 2 is 1.61 bits per heavy atom. The van der Waals surface area contributed by atoms with Gasteiger partial charge in [0, 0.05) is 19.0 Å². The number of hydrogen-bond donors (Lipinski definition) is 1. The van der Waals surface area contributed by atoms with E-state index in [4.69, 9.17) is 0 Å². The molecule has 1 saturated heterocycles. The largest absolute Gasteiger partial charge is 0.273 e. The Morgan fingerprint density at radius 1 is 1.03 bits per heavy atom. The summed E-state index contributed by atoms with van der Waals surface area (Å²) in [5, 5.41) is 4.08. The highest BCUT2D eigenvalue weighted by Crippen LogP contribution is 2.24. The number of benzene rings is 2. The molecule has 1 fully saturated rings. The lowest BCUT2D eigenvalue weighted by Gasteiger charge is -2.30. The monoisotopic (exact) mass is 441 g/mol. The van der Waals surface area contributed by atoms with E-state index in [1.165, 1.54) is 9.87 Å². The minimum atomic E-state index is -3.52. The summed E-state index contributed by atoms with van der Waals surface area (Å²) in [4.78, 5) is 12.7. The van der Waals surface area contributed by atoms with E-state index in [-0.39, 0.29) is 17.2 Å². The molecule has 6 nitrogen and oxygen atoms in total. The van der Waals surface area contributed by atoms with Gasteiger partial charge in [-0.3, -0.25) is 4.79 Å². The second kappa shape index (κ2) is 9.32. The molecule has 1 amide bonds. The maximum absolute atomic E-state index is 12.8. The number of rotatable bonds is 5. The molecule has 0 aliphatic carbocycles. The van der Waals surface area contributed by atoms with Crippen molar-refractivity contribution in [3.63, 3.8) is 0 Å². The van der Waals surface area contributed by atoms with Gasteiger partial charge in [-0.1, -0.05) is 62.7 Å². The van der Waals surface area contributed by atoms with Gasteiger partial charge < -0.3 is 0 Å². The third kappa shape index (κ3) is 5.80. The molecular weight excluding hydrogens is 410 g/mol. The minimum absolute atomic E-state index is 0.0890. The molecule has 31 heavy (non-hydrogen) atoms. The molecule has 7 heteroatoms. The highest BCUT2D eigenvalue weighted by Gasteiger charge is 2.32. The van der Waals surface area contributed by atoms with Crippen LogP contribution in [0.5, 0.6) is 0 Å². The molecule has 2 aromatic rings. The smallest absolute Gasteiger partial charge is 0.243 e. The van der Waals surface area contributed by atoms with Crippen LogP contribution in [0.1, 0.15) is 50.3 Å². The number of carbonyl (C=O) groups is 1. The van der Waals surface area contributed by atoms with Crippen molar-refractivity contribution >= 4 is 22.1 Å². The molecule has 1 N–H and O–H groups in total. The first-order chi connectivity index (χ1) is 14.6. The highest BCUT2D eigenvalue weighted by molar-refractivity contribution is 7.89. The van der Waals surface area contributed by atoms with Crippen LogP contribution in [0.15, 0.2) is 58.5 Å². The van der Waals surface area contributed by atoms with Crippen LogP contribution >= 0.6 is 0 Å². The normalized spacial score (nSPS) is 16.5. The van der Waals surface area contributed by atoms with Gasteiger partial charge in [-0.15, -0.1) is 0 Å². The number of hydrazone groups is 1. The lowest BCUT2D eigenvalue weighted by molar-refractivity contribution is -0.126. The lowest BCUT2D eigenvalue weighted by Crippen LogP contribution is -2.42. The highest BCUT2D eigenvalue weighted by atomic mass is 32.2. The summed E-state index contributed by atoms with van der Waals surface area (Å²) in [6.45, 7) is 9.05. The van der Waals surface area contributed by atoms with E-state index in [0.29, 0.717) is 30.8 Å². The Labute approximate surface area is 185 Å². The van der Waals surface area contributed by atoms with Crippen molar-refractivity contribution in [3.05, 3.63) is 65.2 Å². The van der Waals surface area contributed by atoms with Gasteiger partial charge in [-0.2, -0.15) is 9.41 Å². The lowest BCUT2D eigenvalue weighted by atomic mass is 9.87. The molecule has 166 valence electrons. The van der Waals surface area contributed by atoms with E-state index in [0.717, 1.165) is 11.1 Å². The van der Waals surface area contributed by atoms with Gasteiger partial charge >= 0.3 is 0 Å². The van der Waals surface area contributed by atoms with E-state index in [1.54, 1.807) is 30.5 Å². The van der Waals surface area contributed by atoms with Gasteiger partial charge in [-0.25, -0.2) is 13.8 Å². The van der Waals surface area contributed by atoms with Crippen molar-refractivity contribution in [2.24, 2.45) is 11.0 Å². The standard InChI is InChI=1S/C24H31N3O3S/c1-18-5-11-22(12-6-18)31(29,30)27-15-13-20(14-16-27)23(28)26-25-17-19-7-9-21(10-8-19)24(2,3)4/h5-12,17,20H,13-16H2,1-4H3,(H,26,28)/b25-17-. The Bertz CT molecular complexity index is 1030. The molecular formula is C24H31N3O3S. The number of piperidine rings is 1. The SMILES string of the molecule is Cc1ccc(S(=O)(=O)N2CCC(C(=O)N/N=C\c3ccc(C(C)(C)C)cc3)CC2)cc1. The maximum atomic E-state index is 12.8. The summed E-state index contributed by atoms with van der Waals surface area (Å²) >= 11 is 0. The zero-order valence-electron chi connectivity index (χ0n) is 18.6. The number of aryl methyl sites for hydroxylation is 1. The first kappa shape index (κ1) is 23.2.